The maximum atomic E-state index is 12.7. The van der Waals surface area contributed by atoms with Crippen molar-refractivity contribution in [3.8, 4) is 0 Å². The van der Waals surface area contributed by atoms with Crippen molar-refractivity contribution < 1.29 is 31.3 Å². The highest BCUT2D eigenvalue weighted by atomic mass is 35.5. The fraction of sp³-hybridized carbons (Fsp3) is 0.278. The highest BCUT2D eigenvalue weighted by Crippen LogP contribution is 2.30. The highest BCUT2D eigenvalue weighted by Gasteiger charge is 2.33. The second-order valence-electron chi connectivity index (χ2n) is 6.64. The van der Waals surface area contributed by atoms with Crippen LogP contribution in [0.3, 0.4) is 0 Å². The third-order valence-corrected chi connectivity index (χ3v) is 6.98. The van der Waals surface area contributed by atoms with Crippen LogP contribution in [-0.2, 0) is 16.2 Å². The van der Waals surface area contributed by atoms with Gasteiger partial charge in [0.15, 0.2) is 0 Å². The molecule has 0 unspecified atom stereocenters. The van der Waals surface area contributed by atoms with Crippen molar-refractivity contribution >= 4 is 33.2 Å². The van der Waals surface area contributed by atoms with Crippen molar-refractivity contribution in [1.29, 1.82) is 0 Å². The summed E-state index contributed by atoms with van der Waals surface area (Å²) in [5.41, 5.74) is -1.35. The van der Waals surface area contributed by atoms with Crippen molar-refractivity contribution in [1.82, 2.24) is 9.21 Å². The predicted octanol–water partition coefficient (Wildman–Crippen LogP) is 3.41. The van der Waals surface area contributed by atoms with E-state index in [4.69, 9.17) is 11.6 Å². The van der Waals surface area contributed by atoms with Crippen molar-refractivity contribution in [2.75, 3.05) is 26.2 Å². The number of benzene rings is 2. The van der Waals surface area contributed by atoms with Crippen LogP contribution in [0.4, 0.5) is 18.9 Å². The fourth-order valence-corrected chi connectivity index (χ4v) is 4.68. The number of rotatable bonds is 4. The summed E-state index contributed by atoms with van der Waals surface area (Å²) in [5.74, 6) is -0.583. The molecule has 0 aliphatic carbocycles. The maximum Gasteiger partial charge on any atom is 0.416 e. The number of non-ortho nitro benzene ring substituents is 1. The number of halogens is 4. The van der Waals surface area contributed by atoms with E-state index >= 15 is 0 Å². The molecule has 0 saturated carbocycles. The maximum absolute atomic E-state index is 12.7. The van der Waals surface area contributed by atoms with Gasteiger partial charge in [0.05, 0.1) is 26.0 Å². The fourth-order valence-electron chi connectivity index (χ4n) is 3.06. The van der Waals surface area contributed by atoms with Gasteiger partial charge in [0, 0.05) is 38.3 Å². The molecule has 166 valence electrons. The number of nitrogens with zero attached hydrogens (tertiary/aromatic N) is 3. The molecule has 2 aromatic carbocycles. The van der Waals surface area contributed by atoms with Crippen LogP contribution in [0, 0.1) is 10.1 Å². The van der Waals surface area contributed by atoms with Crippen LogP contribution in [0.25, 0.3) is 0 Å². The minimum absolute atomic E-state index is 0.0162. The van der Waals surface area contributed by atoms with E-state index in [0.29, 0.717) is 12.1 Å². The van der Waals surface area contributed by atoms with Gasteiger partial charge in [-0.25, -0.2) is 8.42 Å². The highest BCUT2D eigenvalue weighted by molar-refractivity contribution is 7.89. The molecule has 31 heavy (non-hydrogen) atoms. The number of amides is 1. The average molecular weight is 478 g/mol. The minimum Gasteiger partial charge on any atom is -0.336 e. The van der Waals surface area contributed by atoms with E-state index in [0.717, 1.165) is 28.6 Å². The molecular weight excluding hydrogens is 463 g/mol. The molecular formula is C18H15ClF3N3O5S. The van der Waals surface area contributed by atoms with Crippen LogP contribution in [0.1, 0.15) is 15.9 Å². The zero-order chi connectivity index (χ0) is 23.0. The number of carbonyl (C=O) groups excluding carboxylic acids is 1. The van der Waals surface area contributed by atoms with E-state index in [9.17, 15) is 36.5 Å². The molecule has 0 radical (unpaired) electrons. The number of alkyl halides is 3. The van der Waals surface area contributed by atoms with Crippen molar-refractivity contribution in [3.05, 3.63) is 68.7 Å². The number of carbonyl (C=O) groups is 1. The Morgan fingerprint density at radius 2 is 1.61 bits per heavy atom. The smallest absolute Gasteiger partial charge is 0.336 e. The standard InChI is InChI=1S/C18H15ClF3N3O5S/c19-16-6-3-13(25(27)28)11-15(16)17(26)23-7-9-24(10-8-23)31(29,30)14-4-1-12(2-5-14)18(20,21)22/h1-6,11H,7-10H2. The van der Waals surface area contributed by atoms with Crippen molar-refractivity contribution in [2.24, 2.45) is 0 Å². The van der Waals surface area contributed by atoms with Gasteiger partial charge in [0.2, 0.25) is 10.0 Å². The van der Waals surface area contributed by atoms with Gasteiger partial charge in [-0.3, -0.25) is 14.9 Å². The van der Waals surface area contributed by atoms with E-state index in [1.165, 1.54) is 11.0 Å². The van der Waals surface area contributed by atoms with Crippen LogP contribution in [0.2, 0.25) is 5.02 Å². The Balaban J connectivity index is 1.72. The molecule has 1 fully saturated rings. The number of nitro benzene ring substituents is 1. The molecule has 0 spiro atoms. The quantitative estimate of drug-likeness (QED) is 0.496. The monoisotopic (exact) mass is 477 g/mol. The summed E-state index contributed by atoms with van der Waals surface area (Å²) in [6.07, 6.45) is -4.58. The van der Waals surface area contributed by atoms with Gasteiger partial charge in [-0.05, 0) is 30.3 Å². The second kappa shape index (κ2) is 8.44. The summed E-state index contributed by atoms with van der Waals surface area (Å²) in [4.78, 5) is 24.0. The van der Waals surface area contributed by atoms with Crippen LogP contribution in [0.5, 0.6) is 0 Å². The van der Waals surface area contributed by atoms with Gasteiger partial charge in [0.25, 0.3) is 11.6 Å². The van der Waals surface area contributed by atoms with Crippen LogP contribution >= 0.6 is 11.6 Å². The van der Waals surface area contributed by atoms with Crippen molar-refractivity contribution in [2.45, 2.75) is 11.1 Å². The largest absolute Gasteiger partial charge is 0.416 e. The first kappa shape index (κ1) is 23.0. The van der Waals surface area contributed by atoms with Crippen LogP contribution < -0.4 is 0 Å². The lowest BCUT2D eigenvalue weighted by Crippen LogP contribution is -2.50. The molecule has 13 heteroatoms. The Hall–Kier alpha value is -2.70. The van der Waals surface area contributed by atoms with E-state index in [2.05, 4.69) is 0 Å². The van der Waals surface area contributed by atoms with E-state index in [1.54, 1.807) is 0 Å². The topological polar surface area (TPSA) is 101 Å². The number of sulfonamides is 1. The summed E-state index contributed by atoms with van der Waals surface area (Å²) < 4.78 is 64.5. The molecule has 1 heterocycles. The lowest BCUT2D eigenvalue weighted by atomic mass is 10.1. The average Bonchev–Trinajstić information content (AvgIpc) is 2.73. The van der Waals surface area contributed by atoms with Crippen molar-refractivity contribution in [3.63, 3.8) is 0 Å². The third-order valence-electron chi connectivity index (χ3n) is 4.74. The molecule has 1 aliphatic rings. The first-order chi connectivity index (χ1) is 14.4. The first-order valence-corrected chi connectivity index (χ1v) is 10.6. The molecule has 2 aromatic rings. The second-order valence-corrected chi connectivity index (χ2v) is 8.98. The number of nitro groups is 1. The Morgan fingerprint density at radius 1 is 1.03 bits per heavy atom. The Morgan fingerprint density at radius 3 is 2.13 bits per heavy atom. The molecule has 1 aliphatic heterocycles. The van der Waals surface area contributed by atoms with Crippen LogP contribution in [0.15, 0.2) is 47.4 Å². The van der Waals surface area contributed by atoms with Gasteiger partial charge in [-0.1, -0.05) is 11.6 Å². The van der Waals surface area contributed by atoms with E-state index < -0.39 is 32.6 Å². The number of hydrogen-bond acceptors (Lipinski definition) is 5. The minimum atomic E-state index is -4.58. The van der Waals surface area contributed by atoms with E-state index in [-0.39, 0.29) is 47.3 Å². The first-order valence-electron chi connectivity index (χ1n) is 8.82. The Labute approximate surface area is 180 Å². The number of piperazine rings is 1. The molecule has 0 aromatic heterocycles. The summed E-state index contributed by atoms with van der Waals surface area (Å²) in [6.45, 7) is -0.223. The molecule has 1 saturated heterocycles. The van der Waals surface area contributed by atoms with Crippen LogP contribution in [-0.4, -0.2) is 54.6 Å². The predicted molar refractivity (Wildman–Crippen MR) is 104 cm³/mol. The van der Waals surface area contributed by atoms with Gasteiger partial charge >= 0.3 is 6.18 Å². The lowest BCUT2D eigenvalue weighted by Gasteiger charge is -2.34. The molecule has 0 bridgehead atoms. The molecule has 0 atom stereocenters. The SMILES string of the molecule is O=C(c1cc([N+](=O)[O-])ccc1Cl)N1CCN(S(=O)(=O)c2ccc(C(F)(F)F)cc2)CC1. The normalized spacial score (nSPS) is 15.7. The Kier molecular flexibility index (Phi) is 6.25. The lowest BCUT2D eigenvalue weighted by molar-refractivity contribution is -0.384. The molecule has 3 rings (SSSR count). The number of hydrogen-bond donors (Lipinski definition) is 0. The molecule has 1 amide bonds. The third kappa shape index (κ3) is 4.81. The van der Waals surface area contributed by atoms with Gasteiger partial charge < -0.3 is 4.90 Å². The molecule has 0 N–H and O–H groups in total. The zero-order valence-corrected chi connectivity index (χ0v) is 17.2. The summed E-state index contributed by atoms with van der Waals surface area (Å²) >= 11 is 5.98. The Bertz CT molecular complexity index is 1120. The van der Waals surface area contributed by atoms with E-state index in [1.807, 2.05) is 0 Å². The summed E-state index contributed by atoms with van der Waals surface area (Å²) in [5, 5.41) is 11.0. The van der Waals surface area contributed by atoms with Gasteiger partial charge in [-0.15, -0.1) is 0 Å². The van der Waals surface area contributed by atoms with Gasteiger partial charge in [-0.2, -0.15) is 17.5 Å². The zero-order valence-electron chi connectivity index (χ0n) is 15.7. The molecule has 8 nitrogen and oxygen atoms in total. The summed E-state index contributed by atoms with van der Waals surface area (Å²) in [7, 11) is -4.05. The van der Waals surface area contributed by atoms with Gasteiger partial charge in [0.1, 0.15) is 0 Å². The summed E-state index contributed by atoms with van der Waals surface area (Å²) in [6, 6.07) is 6.60.